The summed E-state index contributed by atoms with van der Waals surface area (Å²) >= 11 is 0. The molecule has 0 spiro atoms. The molecule has 0 aromatic heterocycles. The average Bonchev–Trinajstić information content (AvgIpc) is 2.50. The van der Waals surface area contributed by atoms with Gasteiger partial charge >= 0.3 is 0 Å². The van der Waals surface area contributed by atoms with Crippen molar-refractivity contribution < 1.29 is 10.3 Å². The first-order valence-electron chi connectivity index (χ1n) is 7.03. The smallest absolute Gasteiger partial charge is 0.141 e. The molecule has 5 nitrogen and oxygen atoms in total. The van der Waals surface area contributed by atoms with Crippen LogP contribution in [0.4, 0.5) is 0 Å². The Kier molecular flexibility index (Phi) is 7.69. The zero-order chi connectivity index (χ0) is 14.8. The fraction of sp³-hybridized carbons (Fsp3) is 0.533. The zero-order valence-corrected chi connectivity index (χ0v) is 12.0. The Morgan fingerprint density at radius 3 is 2.65 bits per heavy atom. The van der Waals surface area contributed by atoms with E-state index in [1.165, 1.54) is 0 Å². The average molecular weight is 279 g/mol. The molecule has 112 valence electrons. The standard InChI is InChI=1S/C15H25N3O2/c1-12(11-19)6-5-9-17-14(10-15(16)18-20)13-7-3-2-4-8-13/h2-4,7-8,12,14,17,19-20H,5-6,9-11H2,1H3,(H2,16,18). The molecular weight excluding hydrogens is 254 g/mol. The summed E-state index contributed by atoms with van der Waals surface area (Å²) in [6.07, 6.45) is 2.44. The summed E-state index contributed by atoms with van der Waals surface area (Å²) in [5.41, 5.74) is 6.73. The fourth-order valence-corrected chi connectivity index (χ4v) is 2.06. The Bertz CT molecular complexity index is 395. The first kappa shape index (κ1) is 16.5. The van der Waals surface area contributed by atoms with Gasteiger partial charge in [0.05, 0.1) is 0 Å². The van der Waals surface area contributed by atoms with Gasteiger partial charge in [-0.3, -0.25) is 0 Å². The summed E-state index contributed by atoms with van der Waals surface area (Å²) in [6.45, 7) is 3.10. The van der Waals surface area contributed by atoms with Crippen molar-refractivity contribution in [1.29, 1.82) is 0 Å². The van der Waals surface area contributed by atoms with Crippen molar-refractivity contribution in [1.82, 2.24) is 5.32 Å². The lowest BCUT2D eigenvalue weighted by Crippen LogP contribution is -2.28. The van der Waals surface area contributed by atoms with Crippen LogP contribution >= 0.6 is 0 Å². The van der Waals surface area contributed by atoms with Gasteiger partial charge in [0.15, 0.2) is 0 Å². The second kappa shape index (κ2) is 9.34. The number of hydrogen-bond acceptors (Lipinski definition) is 4. The Hall–Kier alpha value is -1.59. The lowest BCUT2D eigenvalue weighted by atomic mass is 10.0. The monoisotopic (exact) mass is 279 g/mol. The van der Waals surface area contributed by atoms with Gasteiger partial charge < -0.3 is 21.4 Å². The first-order valence-corrected chi connectivity index (χ1v) is 7.03. The van der Waals surface area contributed by atoms with Crippen LogP contribution in [0.1, 0.15) is 37.8 Å². The third kappa shape index (κ3) is 6.04. The van der Waals surface area contributed by atoms with E-state index in [1.807, 2.05) is 37.3 Å². The van der Waals surface area contributed by atoms with Crippen LogP contribution in [0.5, 0.6) is 0 Å². The molecule has 2 atom stereocenters. The molecule has 0 bridgehead atoms. The molecule has 0 radical (unpaired) electrons. The number of benzene rings is 1. The third-order valence-electron chi connectivity index (χ3n) is 3.32. The van der Waals surface area contributed by atoms with Crippen LogP contribution in [0.25, 0.3) is 0 Å². The molecule has 0 aliphatic heterocycles. The number of amidine groups is 1. The molecule has 1 aromatic carbocycles. The summed E-state index contributed by atoms with van der Waals surface area (Å²) in [5.74, 6) is 0.547. The summed E-state index contributed by atoms with van der Waals surface area (Å²) in [7, 11) is 0. The lowest BCUT2D eigenvalue weighted by molar-refractivity contribution is 0.227. The molecule has 0 saturated carbocycles. The Balaban J connectivity index is 2.51. The van der Waals surface area contributed by atoms with Gasteiger partial charge in [0.1, 0.15) is 5.84 Å². The fourth-order valence-electron chi connectivity index (χ4n) is 2.06. The maximum Gasteiger partial charge on any atom is 0.141 e. The second-order valence-electron chi connectivity index (χ2n) is 5.14. The van der Waals surface area contributed by atoms with Crippen LogP contribution in [-0.2, 0) is 0 Å². The van der Waals surface area contributed by atoms with Crippen LogP contribution in [0.3, 0.4) is 0 Å². The molecule has 5 N–H and O–H groups in total. The molecule has 0 aliphatic rings. The molecule has 2 unspecified atom stereocenters. The van der Waals surface area contributed by atoms with Crippen molar-refractivity contribution in [2.45, 2.75) is 32.2 Å². The summed E-state index contributed by atoms with van der Waals surface area (Å²) in [6, 6.07) is 10.0. The SMILES string of the molecule is CC(CO)CCCNC(C/C(N)=N/O)c1ccccc1. The van der Waals surface area contributed by atoms with Crippen molar-refractivity contribution in [3.05, 3.63) is 35.9 Å². The zero-order valence-electron chi connectivity index (χ0n) is 12.0. The minimum atomic E-state index is 0.0385. The maximum absolute atomic E-state index is 8.99. The maximum atomic E-state index is 8.99. The number of oxime groups is 1. The number of hydrogen-bond donors (Lipinski definition) is 4. The topological polar surface area (TPSA) is 90.9 Å². The highest BCUT2D eigenvalue weighted by Crippen LogP contribution is 2.16. The number of aliphatic hydroxyl groups excluding tert-OH is 1. The summed E-state index contributed by atoms with van der Waals surface area (Å²) < 4.78 is 0. The lowest BCUT2D eigenvalue weighted by Gasteiger charge is -2.19. The minimum absolute atomic E-state index is 0.0385. The minimum Gasteiger partial charge on any atom is -0.409 e. The van der Waals surface area contributed by atoms with E-state index < -0.39 is 0 Å². The van der Waals surface area contributed by atoms with E-state index in [0.717, 1.165) is 24.9 Å². The van der Waals surface area contributed by atoms with Crippen LogP contribution < -0.4 is 11.1 Å². The summed E-state index contributed by atoms with van der Waals surface area (Å²) in [4.78, 5) is 0. The van der Waals surface area contributed by atoms with Crippen molar-refractivity contribution in [2.75, 3.05) is 13.2 Å². The molecule has 1 rings (SSSR count). The predicted molar refractivity (Wildman–Crippen MR) is 80.7 cm³/mol. The summed E-state index contributed by atoms with van der Waals surface area (Å²) in [5, 5.41) is 24.2. The van der Waals surface area contributed by atoms with Gasteiger partial charge in [-0.1, -0.05) is 42.4 Å². The van der Waals surface area contributed by atoms with E-state index in [1.54, 1.807) is 0 Å². The quantitative estimate of drug-likeness (QED) is 0.183. The van der Waals surface area contributed by atoms with Crippen molar-refractivity contribution in [2.24, 2.45) is 16.8 Å². The molecule has 0 fully saturated rings. The van der Waals surface area contributed by atoms with E-state index >= 15 is 0 Å². The van der Waals surface area contributed by atoms with E-state index in [4.69, 9.17) is 16.0 Å². The van der Waals surface area contributed by atoms with Gasteiger partial charge in [0, 0.05) is 19.1 Å². The van der Waals surface area contributed by atoms with Crippen LogP contribution in [0.2, 0.25) is 0 Å². The molecular formula is C15H25N3O2. The first-order chi connectivity index (χ1) is 9.67. The van der Waals surface area contributed by atoms with Crippen LogP contribution in [0.15, 0.2) is 35.5 Å². The highest BCUT2D eigenvalue weighted by atomic mass is 16.4. The number of nitrogens with one attached hydrogen (secondary N) is 1. The molecule has 0 amide bonds. The van der Waals surface area contributed by atoms with Gasteiger partial charge in [-0.15, -0.1) is 0 Å². The van der Waals surface area contributed by atoms with Crippen molar-refractivity contribution >= 4 is 5.84 Å². The van der Waals surface area contributed by atoms with Gasteiger partial charge in [-0.05, 0) is 30.9 Å². The molecule has 5 heteroatoms. The molecule has 0 saturated heterocycles. The van der Waals surface area contributed by atoms with E-state index in [9.17, 15) is 0 Å². The van der Waals surface area contributed by atoms with Gasteiger partial charge in [0.2, 0.25) is 0 Å². The molecule has 0 aliphatic carbocycles. The predicted octanol–water partition coefficient (Wildman–Crippen LogP) is 1.86. The van der Waals surface area contributed by atoms with Crippen molar-refractivity contribution in [3.8, 4) is 0 Å². The second-order valence-corrected chi connectivity index (χ2v) is 5.14. The molecule has 20 heavy (non-hydrogen) atoms. The van der Waals surface area contributed by atoms with Crippen molar-refractivity contribution in [3.63, 3.8) is 0 Å². The Morgan fingerprint density at radius 1 is 1.35 bits per heavy atom. The van der Waals surface area contributed by atoms with Crippen LogP contribution in [-0.4, -0.2) is 29.3 Å². The number of aliphatic hydroxyl groups is 1. The molecule has 0 heterocycles. The largest absolute Gasteiger partial charge is 0.409 e. The Morgan fingerprint density at radius 2 is 2.05 bits per heavy atom. The van der Waals surface area contributed by atoms with Gasteiger partial charge in [0.25, 0.3) is 0 Å². The highest BCUT2D eigenvalue weighted by Gasteiger charge is 2.12. The number of nitrogens with zero attached hydrogens (tertiary/aromatic N) is 1. The molecule has 1 aromatic rings. The van der Waals surface area contributed by atoms with E-state index in [0.29, 0.717) is 12.3 Å². The third-order valence-corrected chi connectivity index (χ3v) is 3.32. The van der Waals surface area contributed by atoms with E-state index in [-0.39, 0.29) is 18.5 Å². The van der Waals surface area contributed by atoms with Gasteiger partial charge in [-0.25, -0.2) is 0 Å². The number of nitrogens with two attached hydrogens (primary N) is 1. The Labute approximate surface area is 120 Å². The van der Waals surface area contributed by atoms with Gasteiger partial charge in [-0.2, -0.15) is 0 Å². The normalized spacial score (nSPS) is 15.0. The van der Waals surface area contributed by atoms with Crippen LogP contribution in [0, 0.1) is 5.92 Å². The highest BCUT2D eigenvalue weighted by molar-refractivity contribution is 5.80. The van der Waals surface area contributed by atoms with E-state index in [2.05, 4.69) is 10.5 Å². The number of rotatable bonds is 9.